The molecule has 1 saturated heterocycles. The summed E-state index contributed by atoms with van der Waals surface area (Å²) < 4.78 is 61.3. The maximum Gasteiger partial charge on any atom is 0.411 e. The summed E-state index contributed by atoms with van der Waals surface area (Å²) >= 11 is 0. The molecule has 4 aromatic rings. The van der Waals surface area contributed by atoms with Crippen LogP contribution < -0.4 is 15.1 Å². The van der Waals surface area contributed by atoms with Crippen LogP contribution in [0.25, 0.3) is 10.9 Å². The molecule has 2 aliphatic rings. The number of halogens is 4. The van der Waals surface area contributed by atoms with Crippen LogP contribution in [0.4, 0.5) is 28.9 Å². The maximum absolute atomic E-state index is 15.4. The zero-order valence-corrected chi connectivity index (χ0v) is 26.1. The maximum atomic E-state index is 15.4. The van der Waals surface area contributed by atoms with E-state index >= 15 is 4.39 Å². The summed E-state index contributed by atoms with van der Waals surface area (Å²) in [5.41, 5.74) is 1.02. The fourth-order valence-electron chi connectivity index (χ4n) is 6.31. The molecule has 0 bridgehead atoms. The van der Waals surface area contributed by atoms with Crippen molar-refractivity contribution in [3.05, 3.63) is 94.7 Å². The van der Waals surface area contributed by atoms with Crippen molar-refractivity contribution in [3.63, 3.8) is 0 Å². The van der Waals surface area contributed by atoms with Gasteiger partial charge in [0.25, 0.3) is 11.8 Å². The molecule has 0 radical (unpaired) electrons. The third-order valence-corrected chi connectivity index (χ3v) is 8.79. The van der Waals surface area contributed by atoms with Gasteiger partial charge in [-0.2, -0.15) is 13.2 Å². The smallest absolute Gasteiger partial charge is 0.411 e. The van der Waals surface area contributed by atoms with Crippen molar-refractivity contribution in [3.8, 4) is 0 Å². The molecule has 2 aliphatic heterocycles. The number of alkyl halides is 3. The van der Waals surface area contributed by atoms with E-state index in [0.717, 1.165) is 15.9 Å². The molecule has 3 amide bonds. The minimum Gasteiger partial charge on any atom is -0.480 e. The van der Waals surface area contributed by atoms with Crippen LogP contribution in [-0.2, 0) is 20.7 Å². The van der Waals surface area contributed by atoms with Crippen LogP contribution in [0.15, 0.2) is 61.1 Å². The number of hydrogen-bond acceptors (Lipinski definition) is 8. The number of hydrogen-bond donors (Lipinski definition) is 2. The van der Waals surface area contributed by atoms with Crippen molar-refractivity contribution in [2.45, 2.75) is 44.4 Å². The van der Waals surface area contributed by atoms with Crippen molar-refractivity contribution < 1.29 is 46.6 Å². The van der Waals surface area contributed by atoms with Gasteiger partial charge in [0.05, 0.1) is 35.9 Å². The first-order chi connectivity index (χ1) is 23.3. The predicted octanol–water partition coefficient (Wildman–Crippen LogP) is 4.56. The van der Waals surface area contributed by atoms with Crippen LogP contribution in [0.5, 0.6) is 0 Å². The number of aryl methyl sites for hydroxylation is 1. The van der Waals surface area contributed by atoms with E-state index < -0.39 is 65.9 Å². The molecule has 2 aromatic carbocycles. The van der Waals surface area contributed by atoms with Crippen LogP contribution in [-0.4, -0.2) is 76.8 Å². The first-order valence-electron chi connectivity index (χ1n) is 15.2. The van der Waals surface area contributed by atoms with E-state index in [0.29, 0.717) is 22.1 Å². The Morgan fingerprint density at radius 2 is 1.92 bits per heavy atom. The monoisotopic (exact) mass is 679 g/mol. The van der Waals surface area contributed by atoms with Gasteiger partial charge < -0.3 is 20.1 Å². The predicted molar refractivity (Wildman–Crippen MR) is 168 cm³/mol. The number of benzene rings is 2. The number of morpholine rings is 1. The van der Waals surface area contributed by atoms with E-state index in [1.807, 2.05) is 0 Å². The Morgan fingerprint density at radius 3 is 2.63 bits per heavy atom. The highest BCUT2D eigenvalue weighted by molar-refractivity contribution is 6.28. The molecule has 1 fully saturated rings. The molecule has 1 unspecified atom stereocenters. The average Bonchev–Trinajstić information content (AvgIpc) is 3.07. The Morgan fingerprint density at radius 1 is 1.14 bits per heavy atom. The van der Waals surface area contributed by atoms with Gasteiger partial charge in [0.1, 0.15) is 17.9 Å². The zero-order chi connectivity index (χ0) is 35.2. The van der Waals surface area contributed by atoms with Crippen molar-refractivity contribution in [1.29, 1.82) is 0 Å². The standard InChI is InChI=1S/C34H29F4N5O6/c1-17-12-20(42-10-11-49-16-27(42)34(36,37)38)14-24(35)28(17)30(44)41-25(33(47)48)13-19-5-6-26(29-21(19)4-3-8-40-29)43-31(45)18(2)23-15-39-9-7-22(23)32(43)46/h3-9,12,14-15,18,25,27H,10-11,13,16H2,1-2H3,(H,41,44)(H,47,48)/t18?,25-,27+/m0/s1. The minimum absolute atomic E-state index is 0.00357. The van der Waals surface area contributed by atoms with Gasteiger partial charge in [-0.3, -0.25) is 24.4 Å². The highest BCUT2D eigenvalue weighted by atomic mass is 19.4. The van der Waals surface area contributed by atoms with Crippen LogP contribution >= 0.6 is 0 Å². The second-order valence-electron chi connectivity index (χ2n) is 11.8. The Balaban J connectivity index is 1.28. The number of carbonyl (C=O) groups is 4. The first kappa shape index (κ1) is 33.5. The number of pyridine rings is 2. The normalized spacial score (nSPS) is 18.7. The minimum atomic E-state index is -4.64. The first-order valence-corrected chi connectivity index (χ1v) is 15.2. The molecule has 0 spiro atoms. The summed E-state index contributed by atoms with van der Waals surface area (Å²) in [7, 11) is 0. The molecule has 3 atom stereocenters. The number of ether oxygens (including phenoxy) is 1. The molecular weight excluding hydrogens is 650 g/mol. The number of nitrogens with one attached hydrogen (secondary N) is 1. The molecule has 49 heavy (non-hydrogen) atoms. The van der Waals surface area contributed by atoms with Gasteiger partial charge in [-0.15, -0.1) is 0 Å². The van der Waals surface area contributed by atoms with Crippen molar-refractivity contribution >= 4 is 46.0 Å². The summed E-state index contributed by atoms with van der Waals surface area (Å²) in [6, 6.07) is 6.22. The van der Waals surface area contributed by atoms with E-state index in [4.69, 9.17) is 4.74 Å². The summed E-state index contributed by atoms with van der Waals surface area (Å²) in [4.78, 5) is 63.0. The number of nitrogens with zero attached hydrogens (tertiary/aromatic N) is 4. The molecule has 0 saturated carbocycles. The number of anilines is 2. The SMILES string of the molecule is Cc1cc(N2CCOC[C@@H]2C(F)(F)F)cc(F)c1C(=O)N[C@@H](Cc1ccc(N2C(=O)c3ccncc3C(C)C2=O)c2ncccc12)C(=O)O. The highest BCUT2D eigenvalue weighted by Crippen LogP contribution is 2.37. The number of fused-ring (bicyclic) bond motifs is 2. The Labute approximate surface area is 276 Å². The van der Waals surface area contributed by atoms with Crippen molar-refractivity contribution in [2.24, 2.45) is 0 Å². The third-order valence-electron chi connectivity index (χ3n) is 8.79. The van der Waals surface area contributed by atoms with Gasteiger partial charge in [-0.25, -0.2) is 14.1 Å². The lowest BCUT2D eigenvalue weighted by Crippen LogP contribution is -2.53. The molecule has 0 aliphatic carbocycles. The molecular formula is C34H29F4N5O6. The second kappa shape index (κ2) is 12.9. The summed E-state index contributed by atoms with van der Waals surface area (Å²) in [6.07, 6.45) is -0.562. The molecule has 2 aromatic heterocycles. The van der Waals surface area contributed by atoms with Gasteiger partial charge >= 0.3 is 12.1 Å². The molecule has 4 heterocycles. The summed E-state index contributed by atoms with van der Waals surface area (Å²) in [6.45, 7) is 2.22. The van der Waals surface area contributed by atoms with Gasteiger partial charge in [-0.1, -0.05) is 12.1 Å². The third kappa shape index (κ3) is 6.17. The lowest BCUT2D eigenvalue weighted by molar-refractivity contribution is -0.167. The number of rotatable bonds is 7. The number of carboxylic acid groups (broad SMARTS) is 1. The van der Waals surface area contributed by atoms with E-state index in [1.165, 1.54) is 49.8 Å². The number of aromatic nitrogens is 2. The van der Waals surface area contributed by atoms with E-state index in [2.05, 4.69) is 15.3 Å². The summed E-state index contributed by atoms with van der Waals surface area (Å²) in [5.74, 6) is -5.37. The number of carboxylic acids is 1. The molecule has 15 heteroatoms. The second-order valence-corrected chi connectivity index (χ2v) is 11.8. The number of carbonyl (C=O) groups excluding carboxylic acids is 3. The lowest BCUT2D eigenvalue weighted by atomic mass is 9.90. The lowest BCUT2D eigenvalue weighted by Gasteiger charge is -2.38. The fourth-order valence-corrected chi connectivity index (χ4v) is 6.31. The van der Waals surface area contributed by atoms with Gasteiger partial charge in [-0.05, 0) is 60.9 Å². The Bertz CT molecular complexity index is 1980. The van der Waals surface area contributed by atoms with Crippen LogP contribution in [0.3, 0.4) is 0 Å². The Hall–Kier alpha value is -5.44. The average molecular weight is 680 g/mol. The highest BCUT2D eigenvalue weighted by Gasteiger charge is 2.46. The molecule has 254 valence electrons. The van der Waals surface area contributed by atoms with E-state index in [1.54, 1.807) is 19.1 Å². The molecule has 11 nitrogen and oxygen atoms in total. The largest absolute Gasteiger partial charge is 0.480 e. The van der Waals surface area contributed by atoms with Crippen molar-refractivity contribution in [1.82, 2.24) is 15.3 Å². The Kier molecular flexibility index (Phi) is 8.79. The van der Waals surface area contributed by atoms with E-state index in [-0.39, 0.29) is 42.0 Å². The van der Waals surface area contributed by atoms with Gasteiger partial charge in [0.2, 0.25) is 5.91 Å². The topological polar surface area (TPSA) is 142 Å². The number of imide groups is 1. The number of amides is 3. The zero-order valence-electron chi connectivity index (χ0n) is 26.1. The van der Waals surface area contributed by atoms with Crippen LogP contribution in [0.2, 0.25) is 0 Å². The quantitative estimate of drug-likeness (QED) is 0.212. The number of aliphatic carboxylic acids is 1. The van der Waals surface area contributed by atoms with Crippen LogP contribution in [0.1, 0.15) is 50.2 Å². The fraction of sp³-hybridized carbons (Fsp3) is 0.294. The van der Waals surface area contributed by atoms with E-state index in [9.17, 15) is 37.5 Å². The molecule has 6 rings (SSSR count). The van der Waals surface area contributed by atoms with Gasteiger partial charge in [0, 0.05) is 48.2 Å². The van der Waals surface area contributed by atoms with Crippen molar-refractivity contribution in [2.75, 3.05) is 29.6 Å². The summed E-state index contributed by atoms with van der Waals surface area (Å²) in [5, 5.41) is 12.8. The molecule has 2 N–H and O–H groups in total. The van der Waals surface area contributed by atoms with Crippen LogP contribution in [0, 0.1) is 12.7 Å². The van der Waals surface area contributed by atoms with Gasteiger partial charge in [0.15, 0.2) is 0 Å².